The molecule has 0 saturated carbocycles. The van der Waals surface area contributed by atoms with E-state index in [9.17, 15) is 0 Å². The first kappa shape index (κ1) is 11.6. The Bertz CT molecular complexity index is 466. The largest absolute Gasteiger partial charge is 0.382 e. The van der Waals surface area contributed by atoms with Crippen LogP contribution in [0, 0.1) is 11.3 Å². The van der Waals surface area contributed by atoms with Gasteiger partial charge in [0.25, 0.3) is 0 Å². The summed E-state index contributed by atoms with van der Waals surface area (Å²) >= 11 is 0. The lowest BCUT2D eigenvalue weighted by atomic mass is 10.0. The molecule has 17 heavy (non-hydrogen) atoms. The SMILES string of the molecule is N#Cc1c(N)ncnc1N1CCC(N)(CN)C1. The molecule has 0 aliphatic carbocycles. The number of nitrogen functional groups attached to an aromatic ring is 1. The van der Waals surface area contributed by atoms with Crippen LogP contribution in [0.4, 0.5) is 11.6 Å². The number of rotatable bonds is 2. The Hall–Kier alpha value is -1.91. The molecular weight excluding hydrogens is 218 g/mol. The number of aromatic nitrogens is 2. The number of anilines is 2. The maximum Gasteiger partial charge on any atom is 0.152 e. The van der Waals surface area contributed by atoms with E-state index in [1.54, 1.807) is 0 Å². The highest BCUT2D eigenvalue weighted by Crippen LogP contribution is 2.27. The molecule has 2 rings (SSSR count). The van der Waals surface area contributed by atoms with Crippen LogP contribution in [0.5, 0.6) is 0 Å². The van der Waals surface area contributed by atoms with Crippen molar-refractivity contribution in [2.45, 2.75) is 12.0 Å². The molecule has 1 aromatic rings. The summed E-state index contributed by atoms with van der Waals surface area (Å²) in [6, 6.07) is 2.02. The normalized spacial score (nSPS) is 23.7. The average Bonchev–Trinajstić information content (AvgIpc) is 2.72. The monoisotopic (exact) mass is 233 g/mol. The molecule has 6 N–H and O–H groups in total. The van der Waals surface area contributed by atoms with Gasteiger partial charge in [-0.1, -0.05) is 0 Å². The lowest BCUT2D eigenvalue weighted by molar-refractivity contribution is 0.484. The molecule has 0 amide bonds. The summed E-state index contributed by atoms with van der Waals surface area (Å²) in [5, 5.41) is 9.05. The zero-order valence-electron chi connectivity index (χ0n) is 9.43. The standard InChI is InChI=1S/C10H15N7/c11-3-7-8(13)15-6-16-9(7)17-2-1-10(14,4-12)5-17/h6H,1-2,4-5,12,14H2,(H2,13,15,16). The lowest BCUT2D eigenvalue weighted by Gasteiger charge is -2.23. The molecule has 0 radical (unpaired) electrons. The van der Waals surface area contributed by atoms with E-state index in [-0.39, 0.29) is 5.82 Å². The molecule has 1 saturated heterocycles. The molecule has 1 aliphatic heterocycles. The van der Waals surface area contributed by atoms with Crippen molar-refractivity contribution in [3.63, 3.8) is 0 Å². The molecule has 1 fully saturated rings. The first-order valence-electron chi connectivity index (χ1n) is 5.34. The predicted molar refractivity (Wildman–Crippen MR) is 64.0 cm³/mol. The van der Waals surface area contributed by atoms with E-state index in [1.807, 2.05) is 11.0 Å². The summed E-state index contributed by atoms with van der Waals surface area (Å²) < 4.78 is 0. The number of nitrogens with zero attached hydrogens (tertiary/aromatic N) is 4. The molecule has 1 unspecified atom stereocenters. The van der Waals surface area contributed by atoms with Crippen LogP contribution in [-0.2, 0) is 0 Å². The van der Waals surface area contributed by atoms with Crippen molar-refractivity contribution in [1.82, 2.24) is 9.97 Å². The fraction of sp³-hybridized carbons (Fsp3) is 0.500. The molecule has 7 nitrogen and oxygen atoms in total. The third kappa shape index (κ3) is 2.00. The number of nitriles is 1. The highest BCUT2D eigenvalue weighted by atomic mass is 15.2. The van der Waals surface area contributed by atoms with Crippen molar-refractivity contribution in [2.24, 2.45) is 11.5 Å². The minimum absolute atomic E-state index is 0.194. The molecular formula is C10H15N7. The Balaban J connectivity index is 2.32. The van der Waals surface area contributed by atoms with Gasteiger partial charge < -0.3 is 22.1 Å². The molecule has 2 heterocycles. The van der Waals surface area contributed by atoms with Crippen LogP contribution in [0.2, 0.25) is 0 Å². The topological polar surface area (TPSA) is 131 Å². The Labute approximate surface area is 99.2 Å². The van der Waals surface area contributed by atoms with Gasteiger partial charge in [0.05, 0.1) is 0 Å². The molecule has 0 spiro atoms. The maximum absolute atomic E-state index is 9.05. The quantitative estimate of drug-likeness (QED) is 0.584. The fourth-order valence-electron chi connectivity index (χ4n) is 1.98. The van der Waals surface area contributed by atoms with Crippen molar-refractivity contribution in [3.8, 4) is 6.07 Å². The lowest BCUT2D eigenvalue weighted by Crippen LogP contribution is -2.49. The van der Waals surface area contributed by atoms with Crippen molar-refractivity contribution in [2.75, 3.05) is 30.3 Å². The Morgan fingerprint density at radius 1 is 1.53 bits per heavy atom. The highest BCUT2D eigenvalue weighted by Gasteiger charge is 2.34. The van der Waals surface area contributed by atoms with Crippen LogP contribution in [0.25, 0.3) is 0 Å². The summed E-state index contributed by atoms with van der Waals surface area (Å²) in [6.07, 6.45) is 2.13. The number of hydrogen-bond acceptors (Lipinski definition) is 7. The second kappa shape index (κ2) is 4.16. The van der Waals surface area contributed by atoms with Gasteiger partial charge >= 0.3 is 0 Å². The molecule has 1 atom stereocenters. The van der Waals surface area contributed by atoms with Gasteiger partial charge in [0.1, 0.15) is 23.8 Å². The molecule has 0 bridgehead atoms. The molecule has 90 valence electrons. The Kier molecular flexibility index (Phi) is 2.83. The van der Waals surface area contributed by atoms with E-state index in [1.165, 1.54) is 6.33 Å². The first-order chi connectivity index (χ1) is 8.09. The zero-order valence-corrected chi connectivity index (χ0v) is 9.43. The van der Waals surface area contributed by atoms with E-state index < -0.39 is 5.54 Å². The van der Waals surface area contributed by atoms with Gasteiger partial charge in [-0.15, -0.1) is 0 Å². The minimum atomic E-state index is -0.410. The summed E-state index contributed by atoms with van der Waals surface area (Å²) in [6.45, 7) is 1.71. The summed E-state index contributed by atoms with van der Waals surface area (Å²) in [4.78, 5) is 9.84. The predicted octanol–water partition coefficient (Wildman–Crippen LogP) is -1.20. The van der Waals surface area contributed by atoms with E-state index in [0.717, 1.165) is 13.0 Å². The van der Waals surface area contributed by atoms with E-state index in [2.05, 4.69) is 9.97 Å². The smallest absolute Gasteiger partial charge is 0.152 e. The Morgan fingerprint density at radius 2 is 2.29 bits per heavy atom. The van der Waals surface area contributed by atoms with Crippen LogP contribution in [0.15, 0.2) is 6.33 Å². The third-order valence-electron chi connectivity index (χ3n) is 3.06. The van der Waals surface area contributed by atoms with Gasteiger partial charge in [-0.3, -0.25) is 0 Å². The van der Waals surface area contributed by atoms with Crippen LogP contribution in [0.1, 0.15) is 12.0 Å². The van der Waals surface area contributed by atoms with Gasteiger partial charge in [0.2, 0.25) is 0 Å². The van der Waals surface area contributed by atoms with Gasteiger partial charge in [0, 0.05) is 25.2 Å². The van der Waals surface area contributed by atoms with Crippen molar-refractivity contribution < 1.29 is 0 Å². The summed E-state index contributed by atoms with van der Waals surface area (Å²) in [5.41, 5.74) is 17.3. The van der Waals surface area contributed by atoms with Crippen molar-refractivity contribution >= 4 is 11.6 Å². The van der Waals surface area contributed by atoms with Crippen LogP contribution < -0.4 is 22.1 Å². The van der Waals surface area contributed by atoms with E-state index in [4.69, 9.17) is 22.5 Å². The fourth-order valence-corrected chi connectivity index (χ4v) is 1.98. The number of hydrogen-bond donors (Lipinski definition) is 3. The average molecular weight is 233 g/mol. The number of nitrogens with two attached hydrogens (primary N) is 3. The molecule has 7 heteroatoms. The maximum atomic E-state index is 9.05. The molecule has 1 aliphatic rings. The van der Waals surface area contributed by atoms with E-state index >= 15 is 0 Å². The summed E-state index contributed by atoms with van der Waals surface area (Å²) in [7, 11) is 0. The first-order valence-corrected chi connectivity index (χ1v) is 5.34. The van der Waals surface area contributed by atoms with Crippen LogP contribution >= 0.6 is 0 Å². The van der Waals surface area contributed by atoms with Crippen LogP contribution in [-0.4, -0.2) is 35.1 Å². The van der Waals surface area contributed by atoms with Gasteiger partial charge in [-0.05, 0) is 6.42 Å². The third-order valence-corrected chi connectivity index (χ3v) is 3.06. The van der Waals surface area contributed by atoms with Crippen LogP contribution in [0.3, 0.4) is 0 Å². The zero-order chi connectivity index (χ0) is 12.5. The Morgan fingerprint density at radius 3 is 2.88 bits per heavy atom. The van der Waals surface area contributed by atoms with Gasteiger partial charge in [-0.25, -0.2) is 9.97 Å². The summed E-state index contributed by atoms with van der Waals surface area (Å²) in [5.74, 6) is 0.737. The second-order valence-electron chi connectivity index (χ2n) is 4.31. The highest BCUT2D eigenvalue weighted by molar-refractivity contribution is 5.63. The molecule has 0 aromatic carbocycles. The van der Waals surface area contributed by atoms with Gasteiger partial charge in [0.15, 0.2) is 5.82 Å². The van der Waals surface area contributed by atoms with Crippen molar-refractivity contribution in [3.05, 3.63) is 11.9 Å². The van der Waals surface area contributed by atoms with E-state index in [0.29, 0.717) is 24.5 Å². The minimum Gasteiger partial charge on any atom is -0.382 e. The molecule has 1 aromatic heterocycles. The van der Waals surface area contributed by atoms with Crippen molar-refractivity contribution in [1.29, 1.82) is 5.26 Å². The second-order valence-corrected chi connectivity index (χ2v) is 4.31. The van der Waals surface area contributed by atoms with Gasteiger partial charge in [-0.2, -0.15) is 5.26 Å².